The van der Waals surface area contributed by atoms with Crippen LogP contribution >= 0.6 is 0 Å². The third-order valence-electron chi connectivity index (χ3n) is 10.0. The van der Waals surface area contributed by atoms with Crippen LogP contribution in [0.25, 0.3) is 32.8 Å². The molecule has 0 unspecified atom stereocenters. The molecule has 1 N–H and O–H groups in total. The Labute approximate surface area is 275 Å². The summed E-state index contributed by atoms with van der Waals surface area (Å²) in [6.07, 6.45) is 4.23. The van der Waals surface area contributed by atoms with Crippen LogP contribution in [-0.4, -0.2) is 115 Å². The summed E-state index contributed by atoms with van der Waals surface area (Å²) in [5.41, 5.74) is 1.03. The molecule has 3 aromatic carbocycles. The minimum Gasteiger partial charge on any atom is -0.508 e. The fraction of sp³-hybridized carbons (Fsp3) is 0.486. The minimum atomic E-state index is -3.42. The van der Waals surface area contributed by atoms with Gasteiger partial charge in [0.2, 0.25) is 10.0 Å². The van der Waals surface area contributed by atoms with Gasteiger partial charge in [-0.3, -0.25) is 0 Å². The number of phenolic OH excluding ortho intramolecular Hbond substituents is 1. The molecule has 250 valence electrons. The number of hydrogen-bond donors (Lipinski definition) is 1. The number of hydrogen-bond acceptors (Lipinski definition) is 9. The number of phenols is 1. The van der Waals surface area contributed by atoms with E-state index in [9.17, 15) is 13.5 Å². The van der Waals surface area contributed by atoms with E-state index in [4.69, 9.17) is 9.72 Å². The molecule has 3 aliphatic rings. The van der Waals surface area contributed by atoms with Crippen molar-refractivity contribution in [1.82, 2.24) is 24.1 Å². The summed E-state index contributed by atoms with van der Waals surface area (Å²) in [6.45, 7) is 3.03. The number of piperazine rings is 1. The number of likely N-dealkylation sites (N-methyl/N-ethyl adjacent to an activating group) is 1. The average Bonchev–Trinajstić information content (AvgIpc) is 3.58. The van der Waals surface area contributed by atoms with Gasteiger partial charge in [-0.2, -0.15) is 14.3 Å². The molecule has 0 aliphatic carbocycles. The zero-order valence-electron chi connectivity index (χ0n) is 27.3. The zero-order valence-corrected chi connectivity index (χ0v) is 28.1. The molecule has 4 heterocycles. The molecule has 2 bridgehead atoms. The predicted molar refractivity (Wildman–Crippen MR) is 183 cm³/mol. The Morgan fingerprint density at radius 3 is 2.49 bits per heavy atom. The van der Waals surface area contributed by atoms with Crippen LogP contribution in [0.3, 0.4) is 0 Å². The summed E-state index contributed by atoms with van der Waals surface area (Å²) >= 11 is 0. The summed E-state index contributed by atoms with van der Waals surface area (Å²) in [5.74, 6) is 0.212. The average molecular weight is 663 g/mol. The standard InChI is InChI=1S/C35H43FN6O4S/c1-39(2)15-7-17-47(44,45)42-24-11-12-25(42)21-41(20-24)34-30-14-13-29(31-19-27(43)18-23-8-4-5-10-28(23)31)32(36)33(30)37-35(38-34)46-22-26-9-6-16-40(26)3/h4-5,8,10,13-14,18-19,24-26,43H,6-7,9,11-12,15-17,20-22H2,1-3H3/t24-,25+,26-/m0/s1. The van der Waals surface area contributed by atoms with Crippen molar-refractivity contribution in [3.05, 3.63) is 54.3 Å². The molecule has 3 saturated heterocycles. The Bertz CT molecular complexity index is 1890. The SMILES string of the molecule is CN(C)CCCS(=O)(=O)N1[C@@H]2CC[C@H]1CN(c1nc(OC[C@@H]3CCCN3C)nc3c(F)c(-c4cc(O)cc5ccccc45)ccc13)C2. The second-order valence-corrected chi connectivity index (χ2v) is 15.5. The van der Waals surface area contributed by atoms with Crippen molar-refractivity contribution in [1.29, 1.82) is 0 Å². The summed E-state index contributed by atoms with van der Waals surface area (Å²) < 4.78 is 51.6. The van der Waals surface area contributed by atoms with Crippen LogP contribution in [0.15, 0.2) is 48.5 Å². The van der Waals surface area contributed by atoms with Crippen molar-refractivity contribution in [2.24, 2.45) is 0 Å². The molecule has 12 heteroatoms. The van der Waals surface area contributed by atoms with E-state index in [1.807, 2.05) is 49.3 Å². The van der Waals surface area contributed by atoms with Gasteiger partial charge in [-0.05, 0) is 101 Å². The lowest BCUT2D eigenvalue weighted by Crippen LogP contribution is -2.56. The maximum absolute atomic E-state index is 16.8. The number of ether oxygens (including phenoxy) is 1. The molecule has 3 aliphatic heterocycles. The normalized spacial score (nSPS) is 22.2. The predicted octanol–water partition coefficient (Wildman–Crippen LogP) is 4.70. The molecule has 3 fully saturated rings. The highest BCUT2D eigenvalue weighted by molar-refractivity contribution is 7.89. The van der Waals surface area contributed by atoms with Gasteiger partial charge in [0.25, 0.3) is 0 Å². The number of aromatic nitrogens is 2. The fourth-order valence-corrected chi connectivity index (χ4v) is 9.63. The van der Waals surface area contributed by atoms with E-state index in [1.54, 1.807) is 22.5 Å². The quantitative estimate of drug-likeness (QED) is 0.259. The molecule has 0 saturated carbocycles. The molecule has 0 spiro atoms. The van der Waals surface area contributed by atoms with Crippen LogP contribution in [0.1, 0.15) is 32.1 Å². The lowest BCUT2D eigenvalue weighted by Gasteiger charge is -2.41. The summed E-state index contributed by atoms with van der Waals surface area (Å²) in [5, 5.41) is 12.7. The molecule has 1 aromatic heterocycles. The van der Waals surface area contributed by atoms with Gasteiger partial charge in [0.05, 0.1) is 5.75 Å². The lowest BCUT2D eigenvalue weighted by atomic mass is 9.96. The monoisotopic (exact) mass is 662 g/mol. The Kier molecular flexibility index (Phi) is 8.71. The van der Waals surface area contributed by atoms with Gasteiger partial charge >= 0.3 is 6.01 Å². The number of aromatic hydroxyl groups is 1. The van der Waals surface area contributed by atoms with Gasteiger partial charge < -0.3 is 24.5 Å². The van der Waals surface area contributed by atoms with Crippen LogP contribution in [-0.2, 0) is 10.0 Å². The van der Waals surface area contributed by atoms with Crippen LogP contribution in [0.5, 0.6) is 11.8 Å². The summed E-state index contributed by atoms with van der Waals surface area (Å²) in [7, 11) is 2.55. The first-order chi connectivity index (χ1) is 22.6. The smallest absolute Gasteiger partial charge is 0.319 e. The Hall–Kier alpha value is -3.58. The first-order valence-corrected chi connectivity index (χ1v) is 18.2. The highest BCUT2D eigenvalue weighted by atomic mass is 32.2. The third-order valence-corrected chi connectivity index (χ3v) is 12.1. The van der Waals surface area contributed by atoms with Crippen molar-refractivity contribution in [2.45, 2.75) is 50.2 Å². The lowest BCUT2D eigenvalue weighted by molar-refractivity contribution is 0.188. The molecule has 4 aromatic rings. The number of halogens is 1. The molecular formula is C35H43FN6O4S. The minimum absolute atomic E-state index is 0.0521. The number of rotatable bonds is 10. The highest BCUT2D eigenvalue weighted by Gasteiger charge is 2.46. The van der Waals surface area contributed by atoms with E-state index in [0.717, 1.165) is 43.0 Å². The van der Waals surface area contributed by atoms with E-state index in [-0.39, 0.29) is 41.2 Å². The van der Waals surface area contributed by atoms with E-state index >= 15 is 4.39 Å². The maximum Gasteiger partial charge on any atom is 0.319 e. The molecule has 0 radical (unpaired) electrons. The number of benzene rings is 3. The molecular weight excluding hydrogens is 619 g/mol. The van der Waals surface area contributed by atoms with Crippen molar-refractivity contribution < 1.29 is 22.7 Å². The number of sulfonamides is 1. The van der Waals surface area contributed by atoms with E-state index < -0.39 is 15.8 Å². The van der Waals surface area contributed by atoms with Crippen LogP contribution < -0.4 is 9.64 Å². The highest BCUT2D eigenvalue weighted by Crippen LogP contribution is 2.40. The van der Waals surface area contributed by atoms with Crippen molar-refractivity contribution in [2.75, 3.05) is 64.6 Å². The Morgan fingerprint density at radius 1 is 1.00 bits per heavy atom. The van der Waals surface area contributed by atoms with Crippen molar-refractivity contribution in [3.63, 3.8) is 0 Å². The zero-order chi connectivity index (χ0) is 32.9. The number of likely N-dealkylation sites (tertiary alicyclic amines) is 1. The summed E-state index contributed by atoms with van der Waals surface area (Å²) in [4.78, 5) is 15.8. The van der Waals surface area contributed by atoms with E-state index in [0.29, 0.717) is 55.0 Å². The molecule has 3 atom stereocenters. The Morgan fingerprint density at radius 2 is 1.77 bits per heavy atom. The number of anilines is 1. The first kappa shape index (κ1) is 32.0. The van der Waals surface area contributed by atoms with E-state index in [2.05, 4.69) is 21.8 Å². The van der Waals surface area contributed by atoms with Gasteiger partial charge in [-0.25, -0.2) is 12.8 Å². The number of nitrogens with zero attached hydrogens (tertiary/aromatic N) is 6. The largest absolute Gasteiger partial charge is 0.508 e. The third kappa shape index (κ3) is 6.24. The first-order valence-electron chi connectivity index (χ1n) is 16.6. The van der Waals surface area contributed by atoms with Crippen molar-refractivity contribution >= 4 is 37.5 Å². The van der Waals surface area contributed by atoms with E-state index in [1.165, 1.54) is 0 Å². The van der Waals surface area contributed by atoms with Gasteiger partial charge in [-0.1, -0.05) is 30.3 Å². The maximum atomic E-state index is 16.8. The van der Waals surface area contributed by atoms with Gasteiger partial charge in [0.15, 0.2) is 5.82 Å². The second kappa shape index (κ2) is 12.8. The molecule has 7 rings (SSSR count). The molecule has 0 amide bonds. The van der Waals surface area contributed by atoms with Gasteiger partial charge in [0, 0.05) is 42.2 Å². The van der Waals surface area contributed by atoms with Gasteiger partial charge in [-0.15, -0.1) is 0 Å². The van der Waals surface area contributed by atoms with Crippen LogP contribution in [0.2, 0.25) is 0 Å². The molecule has 10 nitrogen and oxygen atoms in total. The Balaban J connectivity index is 1.27. The number of fused-ring (bicyclic) bond motifs is 4. The van der Waals surface area contributed by atoms with Gasteiger partial charge in [0.1, 0.15) is 23.7 Å². The summed E-state index contributed by atoms with van der Waals surface area (Å²) in [6, 6.07) is 14.4. The van der Waals surface area contributed by atoms with Crippen LogP contribution in [0.4, 0.5) is 10.2 Å². The fourth-order valence-electron chi connectivity index (χ4n) is 7.68. The topological polar surface area (TPSA) is 102 Å². The second-order valence-electron chi connectivity index (χ2n) is 13.5. The van der Waals surface area contributed by atoms with Crippen molar-refractivity contribution in [3.8, 4) is 22.9 Å². The molecule has 47 heavy (non-hydrogen) atoms. The van der Waals surface area contributed by atoms with Crippen LogP contribution in [0, 0.1) is 5.82 Å².